The number of anilines is 1. The van der Waals surface area contributed by atoms with E-state index in [9.17, 15) is 27.6 Å². The summed E-state index contributed by atoms with van der Waals surface area (Å²) in [6.45, 7) is 0.630. The molecule has 3 aromatic rings. The van der Waals surface area contributed by atoms with Gasteiger partial charge in [-0.2, -0.15) is 18.3 Å². The number of aromatic nitrogens is 3. The van der Waals surface area contributed by atoms with Gasteiger partial charge in [0.25, 0.3) is 11.8 Å². The fraction of sp³-hybridized carbons (Fsp3) is 0.188. The van der Waals surface area contributed by atoms with Crippen LogP contribution in [0.2, 0.25) is 0 Å². The normalized spacial score (nSPS) is 12.4. The molecule has 3 amide bonds. The van der Waals surface area contributed by atoms with Gasteiger partial charge in [-0.3, -0.25) is 14.9 Å². The lowest BCUT2D eigenvalue weighted by Gasteiger charge is -2.16. The summed E-state index contributed by atoms with van der Waals surface area (Å²) in [6.07, 6.45) is -4.45. The van der Waals surface area contributed by atoms with Gasteiger partial charge in [0.15, 0.2) is 11.8 Å². The summed E-state index contributed by atoms with van der Waals surface area (Å²) in [5.74, 6) is -1.62. The van der Waals surface area contributed by atoms with Gasteiger partial charge >= 0.3 is 12.3 Å². The van der Waals surface area contributed by atoms with Crippen molar-refractivity contribution in [3.63, 3.8) is 0 Å². The number of nitrogens with one attached hydrogen (secondary N) is 2. The number of alkyl carbamates (subject to hydrolysis) is 1. The first-order valence-electron chi connectivity index (χ1n) is 7.92. The Morgan fingerprint density at radius 3 is 2.72 bits per heavy atom. The molecule has 0 aliphatic heterocycles. The molecule has 3 heterocycles. The molecule has 3 aromatic heterocycles. The highest BCUT2D eigenvalue weighted by atomic mass is 32.1. The summed E-state index contributed by atoms with van der Waals surface area (Å²) < 4.78 is 42.7. The molecule has 0 spiro atoms. The standard InChI is InChI=1S/C16H12F3N5O4S/c1-8(16(17,18)19)28-15(27)23-13(26)10-3-5-29-14(10)22-12(25)9-6-20-11-2-4-21-24(11)7-9/h2-8H,1H3,(H,22,25)(H,23,26,27). The summed E-state index contributed by atoms with van der Waals surface area (Å²) in [6, 6.07) is 2.94. The number of carbonyl (C=O) groups is 3. The van der Waals surface area contributed by atoms with Crippen molar-refractivity contribution < 1.29 is 32.3 Å². The van der Waals surface area contributed by atoms with E-state index in [1.165, 1.54) is 34.6 Å². The molecule has 9 nitrogen and oxygen atoms in total. The van der Waals surface area contributed by atoms with Gasteiger partial charge in [0.2, 0.25) is 0 Å². The summed E-state index contributed by atoms with van der Waals surface area (Å²) >= 11 is 0.984. The van der Waals surface area contributed by atoms with Crippen molar-refractivity contribution in [2.45, 2.75) is 19.2 Å². The highest BCUT2D eigenvalue weighted by Gasteiger charge is 2.39. The monoisotopic (exact) mass is 427 g/mol. The van der Waals surface area contributed by atoms with Crippen molar-refractivity contribution in [2.24, 2.45) is 0 Å². The number of thiophene rings is 1. The van der Waals surface area contributed by atoms with Gasteiger partial charge in [0.1, 0.15) is 5.00 Å². The lowest BCUT2D eigenvalue weighted by atomic mass is 10.2. The van der Waals surface area contributed by atoms with E-state index >= 15 is 0 Å². The SMILES string of the molecule is CC(OC(=O)NC(=O)c1ccsc1NC(=O)c1cnc2ccnn2c1)C(F)(F)F. The predicted molar refractivity (Wildman–Crippen MR) is 94.7 cm³/mol. The van der Waals surface area contributed by atoms with Crippen LogP contribution in [0.25, 0.3) is 5.65 Å². The average molecular weight is 427 g/mol. The molecule has 0 bridgehead atoms. The quantitative estimate of drug-likeness (QED) is 0.662. The summed E-state index contributed by atoms with van der Waals surface area (Å²) in [5.41, 5.74) is 0.566. The molecule has 29 heavy (non-hydrogen) atoms. The number of hydrogen-bond donors (Lipinski definition) is 2. The summed E-state index contributed by atoms with van der Waals surface area (Å²) in [7, 11) is 0. The van der Waals surface area contributed by atoms with E-state index in [2.05, 4.69) is 20.1 Å². The van der Waals surface area contributed by atoms with E-state index in [1.807, 2.05) is 0 Å². The lowest BCUT2D eigenvalue weighted by Crippen LogP contribution is -2.38. The van der Waals surface area contributed by atoms with Gasteiger partial charge < -0.3 is 10.1 Å². The van der Waals surface area contributed by atoms with Crippen LogP contribution >= 0.6 is 11.3 Å². The van der Waals surface area contributed by atoms with Crippen molar-refractivity contribution in [3.8, 4) is 0 Å². The number of fused-ring (bicyclic) bond motifs is 1. The maximum atomic E-state index is 12.4. The maximum absolute atomic E-state index is 12.4. The first kappa shape index (κ1) is 20.3. The van der Waals surface area contributed by atoms with Crippen LogP contribution in [0.3, 0.4) is 0 Å². The Morgan fingerprint density at radius 1 is 1.24 bits per heavy atom. The van der Waals surface area contributed by atoms with Crippen LogP contribution in [-0.4, -0.2) is 44.8 Å². The number of halogens is 3. The van der Waals surface area contributed by atoms with Gasteiger partial charge in [-0.05, 0) is 18.4 Å². The highest BCUT2D eigenvalue weighted by Crippen LogP contribution is 2.25. The second-order valence-corrected chi connectivity index (χ2v) is 6.55. The van der Waals surface area contributed by atoms with E-state index in [1.54, 1.807) is 11.4 Å². The van der Waals surface area contributed by atoms with Crippen LogP contribution in [0, 0.1) is 0 Å². The molecule has 2 N–H and O–H groups in total. The van der Waals surface area contributed by atoms with E-state index in [0.717, 1.165) is 11.3 Å². The Morgan fingerprint density at radius 2 is 2.00 bits per heavy atom. The Balaban J connectivity index is 1.67. The number of hydrogen-bond acceptors (Lipinski definition) is 7. The third-order valence-electron chi connectivity index (χ3n) is 3.61. The zero-order valence-electron chi connectivity index (χ0n) is 14.6. The van der Waals surface area contributed by atoms with Crippen LogP contribution in [-0.2, 0) is 4.74 Å². The molecule has 152 valence electrons. The van der Waals surface area contributed by atoms with Crippen LogP contribution < -0.4 is 10.6 Å². The minimum absolute atomic E-state index is 0.0877. The van der Waals surface area contributed by atoms with Gasteiger partial charge in [-0.15, -0.1) is 11.3 Å². The number of alkyl halides is 3. The molecule has 0 saturated carbocycles. The highest BCUT2D eigenvalue weighted by molar-refractivity contribution is 7.14. The lowest BCUT2D eigenvalue weighted by molar-refractivity contribution is -0.197. The van der Waals surface area contributed by atoms with Crippen LogP contribution in [0.15, 0.2) is 36.1 Å². The molecule has 0 saturated heterocycles. The number of rotatable bonds is 4. The Labute approximate surface area is 164 Å². The number of ether oxygens (including phenoxy) is 1. The fourth-order valence-electron chi connectivity index (χ4n) is 2.10. The van der Waals surface area contributed by atoms with Crippen molar-refractivity contribution in [1.29, 1.82) is 0 Å². The molecule has 13 heteroatoms. The number of amides is 3. The third kappa shape index (κ3) is 4.68. The Hall–Kier alpha value is -3.48. The maximum Gasteiger partial charge on any atom is 0.425 e. The van der Waals surface area contributed by atoms with E-state index < -0.39 is 30.2 Å². The first-order valence-corrected chi connectivity index (χ1v) is 8.80. The van der Waals surface area contributed by atoms with Crippen molar-refractivity contribution >= 4 is 39.9 Å². The number of nitrogens with zero attached hydrogens (tertiary/aromatic N) is 3. The van der Waals surface area contributed by atoms with Crippen LogP contribution in [0.1, 0.15) is 27.6 Å². The van der Waals surface area contributed by atoms with Crippen LogP contribution in [0.4, 0.5) is 23.0 Å². The zero-order chi connectivity index (χ0) is 21.2. The first-order chi connectivity index (χ1) is 13.6. The molecule has 0 aliphatic carbocycles. The summed E-state index contributed by atoms with van der Waals surface area (Å²) in [5, 5.41) is 9.69. The van der Waals surface area contributed by atoms with E-state index in [-0.39, 0.29) is 16.1 Å². The molecule has 1 unspecified atom stereocenters. The largest absolute Gasteiger partial charge is 0.437 e. The molecular weight excluding hydrogens is 415 g/mol. The predicted octanol–water partition coefficient (Wildman–Crippen LogP) is 2.86. The Bertz CT molecular complexity index is 1080. The minimum atomic E-state index is -4.76. The minimum Gasteiger partial charge on any atom is -0.437 e. The fourth-order valence-corrected chi connectivity index (χ4v) is 2.88. The summed E-state index contributed by atoms with van der Waals surface area (Å²) in [4.78, 5) is 40.1. The van der Waals surface area contributed by atoms with Gasteiger partial charge in [-0.25, -0.2) is 14.3 Å². The molecule has 3 rings (SSSR count). The molecular formula is C16H12F3N5O4S. The molecule has 1 atom stereocenters. The molecule has 0 aromatic carbocycles. The van der Waals surface area contributed by atoms with E-state index in [0.29, 0.717) is 12.6 Å². The van der Waals surface area contributed by atoms with Crippen molar-refractivity contribution in [3.05, 3.63) is 47.2 Å². The van der Waals surface area contributed by atoms with Gasteiger partial charge in [0, 0.05) is 18.5 Å². The Kier molecular flexibility index (Phi) is 5.50. The van der Waals surface area contributed by atoms with Gasteiger partial charge in [-0.1, -0.05) is 0 Å². The molecule has 0 aliphatic rings. The van der Waals surface area contributed by atoms with Crippen molar-refractivity contribution in [1.82, 2.24) is 19.9 Å². The van der Waals surface area contributed by atoms with Crippen molar-refractivity contribution in [2.75, 3.05) is 5.32 Å². The smallest absolute Gasteiger partial charge is 0.425 e. The molecule has 0 fully saturated rings. The topological polar surface area (TPSA) is 115 Å². The van der Waals surface area contributed by atoms with Crippen LogP contribution in [0.5, 0.6) is 0 Å². The average Bonchev–Trinajstić information content (AvgIpc) is 3.28. The molecule has 0 radical (unpaired) electrons. The van der Waals surface area contributed by atoms with Gasteiger partial charge in [0.05, 0.1) is 17.3 Å². The number of imide groups is 1. The second kappa shape index (κ2) is 7.87. The second-order valence-electron chi connectivity index (χ2n) is 5.64. The zero-order valence-corrected chi connectivity index (χ0v) is 15.4. The third-order valence-corrected chi connectivity index (χ3v) is 4.44. The number of carbonyl (C=O) groups excluding carboxylic acids is 3. The van der Waals surface area contributed by atoms with E-state index in [4.69, 9.17) is 0 Å².